The first-order chi connectivity index (χ1) is 8.80. The average Bonchev–Trinajstić information content (AvgIpc) is 2.36. The fourth-order valence-corrected chi connectivity index (χ4v) is 1.51. The largest absolute Gasteiger partial charge is 0.389 e. The summed E-state index contributed by atoms with van der Waals surface area (Å²) in [4.78, 5) is 0. The molecule has 0 radical (unpaired) electrons. The van der Waals surface area contributed by atoms with Crippen LogP contribution in [0.3, 0.4) is 0 Å². The quantitative estimate of drug-likeness (QED) is 0.853. The smallest absolute Gasteiger partial charge is 0.197 e. The Hall–Kier alpha value is -1.86. The minimum Gasteiger partial charge on any atom is -0.197 e. The Morgan fingerprint density at radius 3 is 2.16 bits per heavy atom. The predicted octanol–water partition coefficient (Wildman–Crippen LogP) is 3.05. The normalized spacial score (nSPS) is 11.7. The number of hydrogen-bond donors (Lipinski definition) is 0. The summed E-state index contributed by atoms with van der Waals surface area (Å²) in [6, 6.07) is 6.10. The molecule has 0 atom stereocenters. The molecule has 0 aromatic carbocycles. The number of aromatic nitrogens is 2. The summed E-state index contributed by atoms with van der Waals surface area (Å²) in [5.41, 5.74) is -1.52. The molecule has 1 aromatic heterocycles. The molecule has 0 saturated heterocycles. The first kappa shape index (κ1) is 15.2. The minimum atomic E-state index is -4.41. The van der Waals surface area contributed by atoms with Gasteiger partial charge in [-0.2, -0.15) is 28.8 Å². The number of hydrogen-bond acceptors (Lipinski definition) is 4. The molecule has 0 N–H and O–H groups in total. The third kappa shape index (κ3) is 4.72. The monoisotopic (exact) mass is 288 g/mol. The van der Waals surface area contributed by atoms with Crippen LogP contribution >= 0.6 is 11.6 Å². The second-order valence-electron chi connectivity index (χ2n) is 3.95. The van der Waals surface area contributed by atoms with E-state index in [0.717, 1.165) is 0 Å². The van der Waals surface area contributed by atoms with Gasteiger partial charge in [-0.15, -0.1) is 5.10 Å². The highest BCUT2D eigenvalue weighted by Gasteiger charge is 2.37. The number of nitrogens with zero attached hydrogens (tertiary/aromatic N) is 4. The summed E-state index contributed by atoms with van der Waals surface area (Å²) in [5.74, 6) is 0. The van der Waals surface area contributed by atoms with Crippen LogP contribution in [0.15, 0.2) is 12.1 Å². The fraction of sp³-hybridized carbons (Fsp3) is 0.455. The van der Waals surface area contributed by atoms with E-state index >= 15 is 0 Å². The molecule has 1 rings (SSSR count). The van der Waals surface area contributed by atoms with Crippen LogP contribution in [-0.4, -0.2) is 16.4 Å². The summed E-state index contributed by atoms with van der Waals surface area (Å²) in [7, 11) is 0. The van der Waals surface area contributed by atoms with Crippen molar-refractivity contribution in [2.24, 2.45) is 5.41 Å². The van der Waals surface area contributed by atoms with Gasteiger partial charge in [0.2, 0.25) is 0 Å². The van der Waals surface area contributed by atoms with E-state index < -0.39 is 24.4 Å². The van der Waals surface area contributed by atoms with Crippen LogP contribution in [0.2, 0.25) is 5.15 Å². The number of alkyl halides is 3. The molecule has 0 bridgehead atoms. The van der Waals surface area contributed by atoms with Crippen molar-refractivity contribution in [3.63, 3.8) is 0 Å². The summed E-state index contributed by atoms with van der Waals surface area (Å²) in [5, 5.41) is 25.2. The van der Waals surface area contributed by atoms with E-state index in [0.29, 0.717) is 0 Å². The SMILES string of the molecule is N#CC(C#N)(CCC(F)(F)F)Cc1ccc(Cl)nn1. The Morgan fingerprint density at radius 1 is 1.11 bits per heavy atom. The van der Waals surface area contributed by atoms with E-state index in [2.05, 4.69) is 10.2 Å². The summed E-state index contributed by atoms with van der Waals surface area (Å²) in [6.07, 6.45) is -6.44. The Labute approximate surface area is 112 Å². The van der Waals surface area contributed by atoms with Gasteiger partial charge >= 0.3 is 6.18 Å². The molecular weight excluding hydrogens is 281 g/mol. The Kier molecular flexibility index (Phi) is 4.68. The second kappa shape index (κ2) is 5.85. The highest BCUT2D eigenvalue weighted by molar-refractivity contribution is 6.29. The molecule has 19 heavy (non-hydrogen) atoms. The van der Waals surface area contributed by atoms with Gasteiger partial charge in [0.05, 0.1) is 17.8 Å². The van der Waals surface area contributed by atoms with E-state index in [9.17, 15) is 13.2 Å². The molecule has 0 aliphatic heterocycles. The first-order valence-electron chi connectivity index (χ1n) is 5.18. The fourth-order valence-electron chi connectivity index (χ4n) is 1.41. The van der Waals surface area contributed by atoms with Crippen molar-refractivity contribution < 1.29 is 13.2 Å². The first-order valence-corrected chi connectivity index (χ1v) is 5.55. The van der Waals surface area contributed by atoms with E-state index in [1.807, 2.05) is 0 Å². The van der Waals surface area contributed by atoms with Crippen LogP contribution in [0.5, 0.6) is 0 Å². The van der Waals surface area contributed by atoms with Crippen molar-refractivity contribution in [1.82, 2.24) is 10.2 Å². The third-order valence-corrected chi connectivity index (χ3v) is 2.63. The number of rotatable bonds is 4. The summed E-state index contributed by atoms with van der Waals surface area (Å²) >= 11 is 5.52. The molecular formula is C11H8ClF3N4. The van der Waals surface area contributed by atoms with Gasteiger partial charge in [0.15, 0.2) is 5.15 Å². The van der Waals surface area contributed by atoms with Gasteiger partial charge in [-0.25, -0.2) is 0 Å². The van der Waals surface area contributed by atoms with Crippen molar-refractivity contribution in [1.29, 1.82) is 10.5 Å². The van der Waals surface area contributed by atoms with Gasteiger partial charge in [0.25, 0.3) is 0 Å². The Balaban J connectivity index is 2.86. The molecule has 0 aliphatic rings. The molecule has 0 unspecified atom stereocenters. The molecule has 4 nitrogen and oxygen atoms in total. The van der Waals surface area contributed by atoms with Crippen molar-refractivity contribution in [3.05, 3.63) is 23.0 Å². The van der Waals surface area contributed by atoms with Crippen LogP contribution in [0.25, 0.3) is 0 Å². The van der Waals surface area contributed by atoms with Gasteiger partial charge < -0.3 is 0 Å². The van der Waals surface area contributed by atoms with Crippen LogP contribution in [0.1, 0.15) is 18.5 Å². The van der Waals surface area contributed by atoms with Crippen LogP contribution in [-0.2, 0) is 6.42 Å². The van der Waals surface area contributed by atoms with Gasteiger partial charge in [-0.3, -0.25) is 0 Å². The van der Waals surface area contributed by atoms with Crippen molar-refractivity contribution >= 4 is 11.6 Å². The van der Waals surface area contributed by atoms with Crippen molar-refractivity contribution in [3.8, 4) is 12.1 Å². The zero-order valence-electron chi connectivity index (χ0n) is 9.58. The maximum Gasteiger partial charge on any atom is 0.389 e. The number of nitriles is 2. The lowest BCUT2D eigenvalue weighted by atomic mass is 9.82. The van der Waals surface area contributed by atoms with E-state index in [1.165, 1.54) is 12.1 Å². The van der Waals surface area contributed by atoms with E-state index in [4.69, 9.17) is 22.1 Å². The standard InChI is InChI=1S/C11H8ClF3N4/c12-9-2-1-8(18-19-9)5-10(6-16,7-17)3-4-11(13,14)15/h1-2H,3-5H2. The molecule has 0 saturated carbocycles. The topological polar surface area (TPSA) is 73.4 Å². The Morgan fingerprint density at radius 2 is 1.74 bits per heavy atom. The van der Waals surface area contributed by atoms with E-state index in [-0.39, 0.29) is 17.3 Å². The predicted molar refractivity (Wildman–Crippen MR) is 59.7 cm³/mol. The maximum atomic E-state index is 12.2. The van der Waals surface area contributed by atoms with Crippen LogP contribution in [0.4, 0.5) is 13.2 Å². The third-order valence-electron chi connectivity index (χ3n) is 2.43. The molecule has 0 spiro atoms. The van der Waals surface area contributed by atoms with Gasteiger partial charge in [0, 0.05) is 12.8 Å². The number of halogens is 4. The average molecular weight is 289 g/mol. The zero-order chi connectivity index (χ0) is 14.5. The van der Waals surface area contributed by atoms with Gasteiger partial charge in [-0.1, -0.05) is 11.6 Å². The molecule has 8 heteroatoms. The maximum absolute atomic E-state index is 12.2. The van der Waals surface area contributed by atoms with Crippen LogP contribution < -0.4 is 0 Å². The molecule has 0 amide bonds. The highest BCUT2D eigenvalue weighted by Crippen LogP contribution is 2.32. The van der Waals surface area contributed by atoms with E-state index in [1.54, 1.807) is 12.1 Å². The minimum absolute atomic E-state index is 0.124. The molecule has 0 aliphatic carbocycles. The second-order valence-corrected chi connectivity index (χ2v) is 4.33. The lowest BCUT2D eigenvalue weighted by molar-refractivity contribution is -0.138. The molecule has 1 heterocycles. The summed E-state index contributed by atoms with van der Waals surface area (Å²) in [6.45, 7) is 0. The summed E-state index contributed by atoms with van der Waals surface area (Å²) < 4.78 is 36.6. The van der Waals surface area contributed by atoms with Gasteiger partial charge in [-0.05, 0) is 18.6 Å². The van der Waals surface area contributed by atoms with Crippen LogP contribution in [0, 0.1) is 28.1 Å². The molecule has 0 fully saturated rings. The lowest BCUT2D eigenvalue weighted by Crippen LogP contribution is -2.23. The molecule has 1 aromatic rings. The lowest BCUT2D eigenvalue weighted by Gasteiger charge is -2.18. The highest BCUT2D eigenvalue weighted by atomic mass is 35.5. The van der Waals surface area contributed by atoms with Gasteiger partial charge in [0.1, 0.15) is 5.41 Å². The molecule has 100 valence electrons. The Bertz CT molecular complexity index is 499. The zero-order valence-corrected chi connectivity index (χ0v) is 10.3. The van der Waals surface area contributed by atoms with Crippen molar-refractivity contribution in [2.45, 2.75) is 25.4 Å². The van der Waals surface area contributed by atoms with Crippen molar-refractivity contribution in [2.75, 3.05) is 0 Å².